The minimum Gasteiger partial charge on any atom is -0.330 e. The highest BCUT2D eigenvalue weighted by molar-refractivity contribution is 6.34. The molecule has 2 aromatic rings. The van der Waals surface area contributed by atoms with Crippen molar-refractivity contribution < 1.29 is 0 Å². The molecule has 1 aromatic heterocycles. The van der Waals surface area contributed by atoms with Crippen molar-refractivity contribution in [2.45, 2.75) is 19.8 Å². The molecular formula is C14H17Cl2N3. The average molecular weight is 298 g/mol. The van der Waals surface area contributed by atoms with Gasteiger partial charge in [-0.05, 0) is 24.1 Å². The van der Waals surface area contributed by atoms with Gasteiger partial charge in [0.25, 0.3) is 0 Å². The molecule has 0 radical (unpaired) electrons. The largest absolute Gasteiger partial charge is 0.330 e. The lowest BCUT2D eigenvalue weighted by Gasteiger charge is -2.21. The second-order valence-electron chi connectivity index (χ2n) is 4.87. The van der Waals surface area contributed by atoms with Crippen LogP contribution < -0.4 is 5.73 Å². The molecule has 0 amide bonds. The number of hydrogen-bond donors (Lipinski definition) is 1. The molecule has 5 heteroatoms. The van der Waals surface area contributed by atoms with Crippen molar-refractivity contribution in [1.82, 2.24) is 9.55 Å². The third kappa shape index (κ3) is 2.94. The van der Waals surface area contributed by atoms with Crippen LogP contribution in [-0.2, 0) is 0 Å². The molecule has 1 aromatic carbocycles. The third-order valence-corrected chi connectivity index (χ3v) is 3.83. The quantitative estimate of drug-likeness (QED) is 0.931. The van der Waals surface area contributed by atoms with Gasteiger partial charge >= 0.3 is 0 Å². The van der Waals surface area contributed by atoms with Gasteiger partial charge in [-0.15, -0.1) is 0 Å². The van der Waals surface area contributed by atoms with Gasteiger partial charge in [-0.3, -0.25) is 0 Å². The number of imidazole rings is 1. The molecule has 1 unspecified atom stereocenters. The van der Waals surface area contributed by atoms with Crippen LogP contribution in [0.4, 0.5) is 0 Å². The third-order valence-electron chi connectivity index (χ3n) is 3.27. The van der Waals surface area contributed by atoms with Crippen molar-refractivity contribution in [3.05, 3.63) is 46.5 Å². The monoisotopic (exact) mass is 297 g/mol. The first kappa shape index (κ1) is 14.4. The molecule has 0 spiro atoms. The summed E-state index contributed by atoms with van der Waals surface area (Å²) in [7, 11) is 0. The Hall–Kier alpha value is -1.03. The minimum atomic E-state index is 0.234. The zero-order valence-corrected chi connectivity index (χ0v) is 12.5. The highest BCUT2D eigenvalue weighted by Crippen LogP contribution is 2.30. The first-order valence-electron chi connectivity index (χ1n) is 6.22. The predicted molar refractivity (Wildman–Crippen MR) is 80.2 cm³/mol. The van der Waals surface area contributed by atoms with Gasteiger partial charge in [-0.25, -0.2) is 4.98 Å². The zero-order valence-electron chi connectivity index (χ0n) is 11.0. The van der Waals surface area contributed by atoms with Gasteiger partial charge in [0, 0.05) is 29.4 Å². The molecule has 2 rings (SSSR count). The molecule has 2 N–H and O–H groups in total. The van der Waals surface area contributed by atoms with E-state index in [1.165, 1.54) is 0 Å². The number of rotatable bonds is 4. The van der Waals surface area contributed by atoms with E-state index in [-0.39, 0.29) is 5.92 Å². The smallest absolute Gasteiger partial charge is 0.0994 e. The summed E-state index contributed by atoms with van der Waals surface area (Å²) in [6, 6.07) is 5.39. The molecule has 0 aliphatic heterocycles. The van der Waals surface area contributed by atoms with Crippen LogP contribution >= 0.6 is 23.2 Å². The Bertz CT molecular complexity index is 564. The Morgan fingerprint density at radius 1 is 1.32 bits per heavy atom. The lowest BCUT2D eigenvalue weighted by molar-refractivity contribution is 0.490. The van der Waals surface area contributed by atoms with E-state index in [1.54, 1.807) is 18.5 Å². The molecule has 102 valence electrons. The van der Waals surface area contributed by atoms with Crippen LogP contribution in [-0.4, -0.2) is 16.1 Å². The molecular weight excluding hydrogens is 281 g/mol. The molecule has 0 bridgehead atoms. The number of nitrogens with zero attached hydrogens (tertiary/aromatic N) is 2. The molecule has 0 saturated heterocycles. The van der Waals surface area contributed by atoms with E-state index in [2.05, 4.69) is 18.8 Å². The summed E-state index contributed by atoms with van der Waals surface area (Å²) in [5.41, 5.74) is 7.77. The van der Waals surface area contributed by atoms with Crippen LogP contribution in [0.1, 0.15) is 25.5 Å². The lowest BCUT2D eigenvalue weighted by atomic mass is 9.93. The van der Waals surface area contributed by atoms with Gasteiger partial charge in [-0.2, -0.15) is 0 Å². The number of aromatic nitrogens is 2. The zero-order chi connectivity index (χ0) is 14.0. The standard InChI is InChI=1S/C14H17Cl2N3/c1-9(2)11(6-17)14-7-18-8-19(14)13-5-10(15)3-4-12(13)16/h3-5,7-9,11H,6,17H2,1-2H3. The Labute approximate surface area is 123 Å². The predicted octanol–water partition coefficient (Wildman–Crippen LogP) is 3.88. The second kappa shape index (κ2) is 5.95. The maximum atomic E-state index is 6.25. The van der Waals surface area contributed by atoms with Crippen molar-refractivity contribution in [3.63, 3.8) is 0 Å². The molecule has 3 nitrogen and oxygen atoms in total. The summed E-state index contributed by atoms with van der Waals surface area (Å²) in [4.78, 5) is 4.23. The van der Waals surface area contributed by atoms with Crippen molar-refractivity contribution in [1.29, 1.82) is 0 Å². The van der Waals surface area contributed by atoms with Crippen LogP contribution in [0.15, 0.2) is 30.7 Å². The average Bonchev–Trinajstić information content (AvgIpc) is 2.81. The second-order valence-corrected chi connectivity index (χ2v) is 5.71. The molecule has 0 fully saturated rings. The highest BCUT2D eigenvalue weighted by Gasteiger charge is 2.19. The fourth-order valence-electron chi connectivity index (χ4n) is 2.19. The highest BCUT2D eigenvalue weighted by atomic mass is 35.5. The van der Waals surface area contributed by atoms with E-state index in [9.17, 15) is 0 Å². The van der Waals surface area contributed by atoms with Crippen LogP contribution in [0.3, 0.4) is 0 Å². The molecule has 0 aliphatic rings. The number of benzene rings is 1. The molecule has 19 heavy (non-hydrogen) atoms. The van der Waals surface area contributed by atoms with E-state index in [4.69, 9.17) is 28.9 Å². The van der Waals surface area contributed by atoms with Crippen molar-refractivity contribution in [3.8, 4) is 5.69 Å². The molecule has 1 heterocycles. The van der Waals surface area contributed by atoms with Crippen LogP contribution in [0.2, 0.25) is 10.0 Å². The fourth-order valence-corrected chi connectivity index (χ4v) is 2.56. The Morgan fingerprint density at radius 3 is 2.68 bits per heavy atom. The SMILES string of the molecule is CC(C)C(CN)c1cncn1-c1cc(Cl)ccc1Cl. The first-order valence-corrected chi connectivity index (χ1v) is 6.98. The number of nitrogens with two attached hydrogens (primary N) is 1. The number of halogens is 2. The number of hydrogen-bond acceptors (Lipinski definition) is 2. The van der Waals surface area contributed by atoms with Crippen LogP contribution in [0, 0.1) is 5.92 Å². The van der Waals surface area contributed by atoms with E-state index >= 15 is 0 Å². The van der Waals surface area contributed by atoms with Crippen molar-refractivity contribution in [2.75, 3.05) is 6.54 Å². The van der Waals surface area contributed by atoms with Gasteiger partial charge in [-0.1, -0.05) is 37.0 Å². The van der Waals surface area contributed by atoms with Gasteiger partial charge in [0.15, 0.2) is 0 Å². The van der Waals surface area contributed by atoms with Gasteiger partial charge in [0.05, 0.1) is 17.0 Å². The summed E-state index contributed by atoms with van der Waals surface area (Å²) in [6.45, 7) is 4.87. The fraction of sp³-hybridized carbons (Fsp3) is 0.357. The van der Waals surface area contributed by atoms with E-state index in [0.717, 1.165) is 11.4 Å². The summed E-state index contributed by atoms with van der Waals surface area (Å²) in [6.07, 6.45) is 3.59. The first-order chi connectivity index (χ1) is 9.04. The Balaban J connectivity index is 2.52. The van der Waals surface area contributed by atoms with Gasteiger partial charge < -0.3 is 10.3 Å². The topological polar surface area (TPSA) is 43.8 Å². The summed E-state index contributed by atoms with van der Waals surface area (Å²) >= 11 is 12.3. The normalized spacial score (nSPS) is 12.9. The van der Waals surface area contributed by atoms with E-state index < -0.39 is 0 Å². The van der Waals surface area contributed by atoms with Gasteiger partial charge in [0.2, 0.25) is 0 Å². The lowest BCUT2D eigenvalue weighted by Crippen LogP contribution is -2.20. The maximum absolute atomic E-state index is 6.25. The molecule has 0 aliphatic carbocycles. The summed E-state index contributed by atoms with van der Waals surface area (Å²) < 4.78 is 1.96. The van der Waals surface area contributed by atoms with Crippen LogP contribution in [0.25, 0.3) is 5.69 Å². The van der Waals surface area contributed by atoms with E-state index in [1.807, 2.05) is 16.8 Å². The summed E-state index contributed by atoms with van der Waals surface area (Å²) in [5, 5.41) is 1.29. The molecule has 0 saturated carbocycles. The van der Waals surface area contributed by atoms with Gasteiger partial charge in [0.1, 0.15) is 0 Å². The van der Waals surface area contributed by atoms with Crippen molar-refractivity contribution in [2.24, 2.45) is 11.7 Å². The minimum absolute atomic E-state index is 0.234. The summed E-state index contributed by atoms with van der Waals surface area (Å²) in [5.74, 6) is 0.663. The van der Waals surface area contributed by atoms with Crippen molar-refractivity contribution >= 4 is 23.2 Å². The van der Waals surface area contributed by atoms with E-state index in [0.29, 0.717) is 22.5 Å². The Morgan fingerprint density at radius 2 is 2.05 bits per heavy atom. The molecule has 1 atom stereocenters. The maximum Gasteiger partial charge on any atom is 0.0994 e. The van der Waals surface area contributed by atoms with Crippen LogP contribution in [0.5, 0.6) is 0 Å². The Kier molecular flexibility index (Phi) is 4.50.